The number of aryl methyl sites for hydroxylation is 2. The lowest BCUT2D eigenvalue weighted by atomic mass is 9.82. The van der Waals surface area contributed by atoms with Crippen molar-refractivity contribution in [2.45, 2.75) is 97.6 Å². The van der Waals surface area contributed by atoms with Crippen molar-refractivity contribution in [3.8, 4) is 22.3 Å². The molecule has 1 aliphatic carbocycles. The number of rotatable bonds is 11. The van der Waals surface area contributed by atoms with Gasteiger partial charge in [-0.05, 0) is 41.7 Å². The third kappa shape index (κ3) is 5.00. The van der Waals surface area contributed by atoms with Gasteiger partial charge < -0.3 is 0 Å². The molecule has 0 saturated heterocycles. The van der Waals surface area contributed by atoms with Gasteiger partial charge in [0.05, 0.1) is 5.39 Å². The number of hydrogen-bond acceptors (Lipinski definition) is 0. The monoisotopic (exact) mass is 510 g/mol. The maximum absolute atomic E-state index is 15.3. The molecule has 0 saturated carbocycles. The minimum Gasteiger partial charge on any atom is -0.202 e. The largest absolute Gasteiger partial charge is 0.213 e. The Morgan fingerprint density at radius 2 is 1.47 bits per heavy atom. The van der Waals surface area contributed by atoms with Crippen molar-refractivity contribution in [3.05, 3.63) is 84.1 Å². The average molecular weight is 511 g/mol. The van der Waals surface area contributed by atoms with Crippen LogP contribution in [0.1, 0.15) is 90.2 Å². The fraction of sp³-hybridized carbons (Fsp3) is 0.429. The third-order valence-corrected chi connectivity index (χ3v) is 8.48. The van der Waals surface area contributed by atoms with E-state index in [2.05, 4.69) is 80.9 Å². The first-order valence-electron chi connectivity index (χ1n) is 14.7. The van der Waals surface area contributed by atoms with Crippen molar-refractivity contribution in [2.24, 2.45) is 0 Å². The van der Waals surface area contributed by atoms with Gasteiger partial charge in [-0.25, -0.2) is 4.57 Å². The quantitative estimate of drug-likeness (QED) is 0.141. The highest BCUT2D eigenvalue weighted by atomic mass is 19.1. The zero-order valence-electron chi connectivity index (χ0n) is 23.7. The molecule has 0 spiro atoms. The summed E-state index contributed by atoms with van der Waals surface area (Å²) in [5, 5.41) is 1.31. The van der Waals surface area contributed by atoms with Gasteiger partial charge in [0, 0.05) is 47.1 Å². The standard InChI is InChI=1S/C35H43FN2/c1-5-7-9-13-20-37-22-19-27(32(36)25-37)26-17-18-28-30(23-26)35(3,4)31-24-38(21-14-10-8-6-2)33-16-12-11-15-29(33)34(28)31/h11-12,15-19,22-25H,5-10,13-14,20-21H2,1-4H3/q+2. The Balaban J connectivity index is 1.51. The number of para-hydroxylation sites is 1. The molecule has 2 nitrogen and oxygen atoms in total. The number of unbranched alkanes of at least 4 members (excludes halogenated alkanes) is 6. The Labute approximate surface area is 228 Å². The van der Waals surface area contributed by atoms with Crippen LogP contribution in [0.25, 0.3) is 33.2 Å². The second-order valence-corrected chi connectivity index (χ2v) is 11.6. The Morgan fingerprint density at radius 1 is 0.737 bits per heavy atom. The molecule has 5 rings (SSSR count). The number of hydrogen-bond donors (Lipinski definition) is 0. The maximum atomic E-state index is 15.3. The Hall–Kier alpha value is -3.07. The molecule has 0 radical (unpaired) electrons. The number of aromatic nitrogens is 2. The SMILES string of the molecule is CCCCCC[n+]1ccc(-c2ccc3c(c2)C(C)(C)c2c[n+](CCCCCC)c4ccccc4c2-3)c(F)c1. The second kappa shape index (κ2) is 11.4. The summed E-state index contributed by atoms with van der Waals surface area (Å²) in [7, 11) is 0. The summed E-state index contributed by atoms with van der Waals surface area (Å²) in [6.45, 7) is 11.0. The van der Waals surface area contributed by atoms with Crippen LogP contribution in [0.4, 0.5) is 4.39 Å². The molecular weight excluding hydrogens is 467 g/mol. The van der Waals surface area contributed by atoms with Crippen molar-refractivity contribution in [2.75, 3.05) is 0 Å². The minimum atomic E-state index is -0.152. The van der Waals surface area contributed by atoms with Gasteiger partial charge in [-0.2, -0.15) is 8.96 Å². The minimum absolute atomic E-state index is 0.147. The Kier molecular flexibility index (Phi) is 7.93. The van der Waals surface area contributed by atoms with Gasteiger partial charge >= 0.3 is 0 Å². The van der Waals surface area contributed by atoms with E-state index in [1.54, 1.807) is 6.20 Å². The van der Waals surface area contributed by atoms with Crippen molar-refractivity contribution in [1.29, 1.82) is 0 Å². The van der Waals surface area contributed by atoms with Crippen LogP contribution in [-0.2, 0) is 18.5 Å². The van der Waals surface area contributed by atoms with Crippen LogP contribution in [0.5, 0.6) is 0 Å². The van der Waals surface area contributed by atoms with E-state index in [-0.39, 0.29) is 11.2 Å². The molecule has 0 aliphatic heterocycles. The fourth-order valence-corrected chi connectivity index (χ4v) is 6.22. The van der Waals surface area contributed by atoms with Gasteiger partial charge in [-0.1, -0.05) is 77.6 Å². The summed E-state index contributed by atoms with van der Waals surface area (Å²) in [4.78, 5) is 0. The number of nitrogens with zero attached hydrogens (tertiary/aromatic N) is 2. The van der Waals surface area contributed by atoms with Gasteiger partial charge in [0.2, 0.25) is 11.7 Å². The van der Waals surface area contributed by atoms with Crippen LogP contribution in [0.3, 0.4) is 0 Å². The number of pyridine rings is 2. The molecular formula is C35H43FN2+2. The van der Waals surface area contributed by atoms with Gasteiger partial charge in [0.1, 0.15) is 13.1 Å². The van der Waals surface area contributed by atoms with Crippen molar-refractivity contribution < 1.29 is 13.5 Å². The molecule has 2 aromatic carbocycles. The zero-order valence-corrected chi connectivity index (χ0v) is 23.7. The van der Waals surface area contributed by atoms with Crippen LogP contribution in [-0.4, -0.2) is 0 Å². The normalized spacial score (nSPS) is 13.6. The predicted molar refractivity (Wildman–Crippen MR) is 156 cm³/mol. The van der Waals surface area contributed by atoms with Crippen LogP contribution < -0.4 is 9.13 Å². The van der Waals surface area contributed by atoms with Crippen LogP contribution in [0.15, 0.2) is 67.1 Å². The lowest BCUT2D eigenvalue weighted by Crippen LogP contribution is -2.36. The average Bonchev–Trinajstić information content (AvgIpc) is 3.15. The first kappa shape index (κ1) is 26.5. The van der Waals surface area contributed by atoms with E-state index in [9.17, 15) is 0 Å². The molecule has 2 aromatic heterocycles. The second-order valence-electron chi connectivity index (χ2n) is 11.6. The summed E-state index contributed by atoms with van der Waals surface area (Å²) >= 11 is 0. The molecule has 0 amide bonds. The Morgan fingerprint density at radius 3 is 2.21 bits per heavy atom. The lowest BCUT2D eigenvalue weighted by Gasteiger charge is -2.21. The predicted octanol–water partition coefficient (Wildman–Crippen LogP) is 8.69. The summed E-state index contributed by atoms with van der Waals surface area (Å²) < 4.78 is 19.8. The molecule has 0 fully saturated rings. The first-order chi connectivity index (χ1) is 18.5. The number of fused-ring (bicyclic) bond motifs is 5. The summed E-state index contributed by atoms with van der Waals surface area (Å²) in [6.07, 6.45) is 15.8. The van der Waals surface area contributed by atoms with E-state index < -0.39 is 0 Å². The van der Waals surface area contributed by atoms with Crippen LogP contribution in [0, 0.1) is 5.82 Å². The van der Waals surface area contributed by atoms with Crippen molar-refractivity contribution in [1.82, 2.24) is 0 Å². The van der Waals surface area contributed by atoms with E-state index in [0.717, 1.165) is 25.1 Å². The molecule has 4 aromatic rings. The molecule has 0 N–H and O–H groups in total. The molecule has 0 bridgehead atoms. The van der Waals surface area contributed by atoms with E-state index in [4.69, 9.17) is 0 Å². The third-order valence-electron chi connectivity index (χ3n) is 8.48. The molecule has 38 heavy (non-hydrogen) atoms. The van der Waals surface area contributed by atoms with Gasteiger partial charge in [0.15, 0.2) is 18.2 Å². The highest BCUT2D eigenvalue weighted by molar-refractivity contribution is 5.99. The maximum Gasteiger partial charge on any atom is 0.213 e. The molecule has 198 valence electrons. The Bertz CT molecular complexity index is 1440. The van der Waals surface area contributed by atoms with Gasteiger partial charge in [-0.15, -0.1) is 0 Å². The van der Waals surface area contributed by atoms with E-state index >= 15 is 4.39 Å². The summed E-state index contributed by atoms with van der Waals surface area (Å²) in [5.41, 5.74) is 8.07. The van der Waals surface area contributed by atoms with Gasteiger partial charge in [-0.3, -0.25) is 0 Å². The molecule has 1 aliphatic rings. The van der Waals surface area contributed by atoms with E-state index in [1.165, 1.54) is 78.1 Å². The van der Waals surface area contributed by atoms with Crippen molar-refractivity contribution >= 4 is 10.9 Å². The number of benzene rings is 2. The van der Waals surface area contributed by atoms with E-state index in [1.807, 2.05) is 16.8 Å². The highest BCUT2D eigenvalue weighted by Crippen LogP contribution is 2.51. The first-order valence-corrected chi connectivity index (χ1v) is 14.7. The number of halogens is 1. The lowest BCUT2D eigenvalue weighted by molar-refractivity contribution is -0.698. The fourth-order valence-electron chi connectivity index (χ4n) is 6.22. The molecule has 3 heteroatoms. The highest BCUT2D eigenvalue weighted by Gasteiger charge is 2.40. The molecule has 0 atom stereocenters. The van der Waals surface area contributed by atoms with Crippen LogP contribution in [0.2, 0.25) is 0 Å². The summed E-state index contributed by atoms with van der Waals surface area (Å²) in [5.74, 6) is -0.147. The molecule has 0 unspecified atom stereocenters. The molecule has 2 heterocycles. The zero-order chi connectivity index (χ0) is 26.7. The topological polar surface area (TPSA) is 7.76 Å². The van der Waals surface area contributed by atoms with Gasteiger partial charge in [0.25, 0.3) is 0 Å². The summed E-state index contributed by atoms with van der Waals surface area (Å²) in [6, 6.07) is 17.3. The van der Waals surface area contributed by atoms with Crippen molar-refractivity contribution in [3.63, 3.8) is 0 Å². The van der Waals surface area contributed by atoms with E-state index in [0.29, 0.717) is 5.56 Å². The smallest absolute Gasteiger partial charge is 0.202 e. The van der Waals surface area contributed by atoms with Crippen LogP contribution >= 0.6 is 0 Å².